The van der Waals surface area contributed by atoms with Crippen molar-refractivity contribution in [2.24, 2.45) is 5.73 Å². The number of likely N-dealkylation sites (N-methyl/N-ethyl adjacent to an activating group) is 2. The summed E-state index contributed by atoms with van der Waals surface area (Å²) in [4.78, 5) is 9.34. The lowest BCUT2D eigenvalue weighted by atomic mass is 10.0. The van der Waals surface area contributed by atoms with E-state index in [1.807, 2.05) is 12.3 Å². The van der Waals surface area contributed by atoms with Crippen LogP contribution < -0.4 is 10.6 Å². The second-order valence-corrected chi connectivity index (χ2v) is 6.02. The molecular formula is C16H28N4. The van der Waals surface area contributed by atoms with Gasteiger partial charge in [-0.1, -0.05) is 13.0 Å². The van der Waals surface area contributed by atoms with E-state index in [0.29, 0.717) is 6.04 Å². The Morgan fingerprint density at radius 2 is 2.35 bits per heavy atom. The van der Waals surface area contributed by atoms with Gasteiger partial charge < -0.3 is 15.5 Å². The van der Waals surface area contributed by atoms with Gasteiger partial charge >= 0.3 is 0 Å². The topological polar surface area (TPSA) is 45.4 Å². The lowest BCUT2D eigenvalue weighted by molar-refractivity contribution is 0.314. The normalized spacial score (nSPS) is 21.1. The molecule has 4 heteroatoms. The maximum atomic E-state index is 6.11. The monoisotopic (exact) mass is 276 g/mol. The van der Waals surface area contributed by atoms with Crippen molar-refractivity contribution >= 4 is 5.82 Å². The summed E-state index contributed by atoms with van der Waals surface area (Å²) < 4.78 is 0. The van der Waals surface area contributed by atoms with Gasteiger partial charge in [0.15, 0.2) is 0 Å². The number of pyridine rings is 1. The Bertz CT molecular complexity index is 421. The van der Waals surface area contributed by atoms with Gasteiger partial charge in [0.25, 0.3) is 0 Å². The van der Waals surface area contributed by atoms with E-state index in [0.717, 1.165) is 25.2 Å². The molecule has 4 nitrogen and oxygen atoms in total. The van der Waals surface area contributed by atoms with E-state index in [1.165, 1.54) is 24.9 Å². The summed E-state index contributed by atoms with van der Waals surface area (Å²) in [7, 11) is 4.37. The summed E-state index contributed by atoms with van der Waals surface area (Å²) in [5.74, 6) is 1.09. The SMILES string of the molecule is CCC(N)Cc1cccnc1N(C)CC1CCCN1C. The first-order valence-corrected chi connectivity index (χ1v) is 7.72. The molecule has 0 amide bonds. The summed E-state index contributed by atoms with van der Waals surface area (Å²) in [6.45, 7) is 4.40. The van der Waals surface area contributed by atoms with Gasteiger partial charge in [-0.2, -0.15) is 0 Å². The van der Waals surface area contributed by atoms with Gasteiger partial charge in [-0.05, 0) is 50.9 Å². The fraction of sp³-hybridized carbons (Fsp3) is 0.688. The Balaban J connectivity index is 2.06. The Kier molecular flexibility index (Phi) is 5.38. The summed E-state index contributed by atoms with van der Waals surface area (Å²) in [5, 5.41) is 0. The van der Waals surface area contributed by atoms with Crippen LogP contribution in [0.1, 0.15) is 31.7 Å². The van der Waals surface area contributed by atoms with Crippen LogP contribution in [0.2, 0.25) is 0 Å². The van der Waals surface area contributed by atoms with Crippen molar-refractivity contribution in [1.29, 1.82) is 0 Å². The first-order valence-electron chi connectivity index (χ1n) is 7.72. The lowest BCUT2D eigenvalue weighted by Crippen LogP contribution is -2.37. The molecule has 0 spiro atoms. The minimum Gasteiger partial charge on any atom is -0.358 e. The van der Waals surface area contributed by atoms with Crippen LogP contribution in [-0.2, 0) is 6.42 Å². The second kappa shape index (κ2) is 7.04. The predicted molar refractivity (Wildman–Crippen MR) is 85.1 cm³/mol. The third-order valence-electron chi connectivity index (χ3n) is 4.39. The highest BCUT2D eigenvalue weighted by Crippen LogP contribution is 2.21. The van der Waals surface area contributed by atoms with E-state index in [9.17, 15) is 0 Å². The van der Waals surface area contributed by atoms with Crippen molar-refractivity contribution in [3.05, 3.63) is 23.9 Å². The molecule has 2 unspecified atom stereocenters. The number of nitrogens with two attached hydrogens (primary N) is 1. The maximum Gasteiger partial charge on any atom is 0.131 e. The van der Waals surface area contributed by atoms with E-state index in [4.69, 9.17) is 5.73 Å². The van der Waals surface area contributed by atoms with Crippen molar-refractivity contribution < 1.29 is 0 Å². The summed E-state index contributed by atoms with van der Waals surface area (Å²) in [5.41, 5.74) is 7.37. The third kappa shape index (κ3) is 3.70. The molecular weight excluding hydrogens is 248 g/mol. The first kappa shape index (κ1) is 15.3. The molecule has 0 saturated carbocycles. The van der Waals surface area contributed by atoms with Crippen molar-refractivity contribution in [3.63, 3.8) is 0 Å². The molecule has 1 aromatic heterocycles. The van der Waals surface area contributed by atoms with Crippen LogP contribution in [0.25, 0.3) is 0 Å². The third-order valence-corrected chi connectivity index (χ3v) is 4.39. The molecule has 2 N–H and O–H groups in total. The van der Waals surface area contributed by atoms with Crippen LogP contribution in [0, 0.1) is 0 Å². The Morgan fingerprint density at radius 3 is 3.00 bits per heavy atom. The van der Waals surface area contributed by atoms with E-state index in [1.54, 1.807) is 0 Å². The Labute approximate surface area is 123 Å². The minimum absolute atomic E-state index is 0.223. The largest absolute Gasteiger partial charge is 0.358 e. The zero-order valence-corrected chi connectivity index (χ0v) is 13.0. The fourth-order valence-electron chi connectivity index (χ4n) is 2.97. The molecule has 1 aliphatic heterocycles. The number of hydrogen-bond donors (Lipinski definition) is 1. The smallest absolute Gasteiger partial charge is 0.131 e. The molecule has 1 aromatic rings. The van der Waals surface area contributed by atoms with Gasteiger partial charge in [0.1, 0.15) is 5.82 Å². The van der Waals surface area contributed by atoms with Gasteiger partial charge in [0.05, 0.1) is 0 Å². The van der Waals surface area contributed by atoms with E-state index in [2.05, 4.69) is 41.9 Å². The van der Waals surface area contributed by atoms with Crippen LogP contribution in [0.5, 0.6) is 0 Å². The Hall–Kier alpha value is -1.13. The van der Waals surface area contributed by atoms with Crippen molar-refractivity contribution in [2.75, 3.05) is 32.1 Å². The number of aromatic nitrogens is 1. The summed E-state index contributed by atoms with van der Waals surface area (Å²) in [6.07, 6.45) is 6.39. The highest BCUT2D eigenvalue weighted by Gasteiger charge is 2.23. The van der Waals surface area contributed by atoms with E-state index in [-0.39, 0.29) is 6.04 Å². The quantitative estimate of drug-likeness (QED) is 0.862. The average molecular weight is 276 g/mol. The first-order chi connectivity index (χ1) is 9.61. The number of likely N-dealkylation sites (tertiary alicyclic amines) is 1. The molecule has 0 bridgehead atoms. The number of nitrogens with zero attached hydrogens (tertiary/aromatic N) is 3. The van der Waals surface area contributed by atoms with Crippen LogP contribution in [0.4, 0.5) is 5.82 Å². The van der Waals surface area contributed by atoms with Crippen LogP contribution in [0.15, 0.2) is 18.3 Å². The Morgan fingerprint density at radius 1 is 1.55 bits per heavy atom. The fourth-order valence-corrected chi connectivity index (χ4v) is 2.97. The van der Waals surface area contributed by atoms with Crippen molar-refractivity contribution in [1.82, 2.24) is 9.88 Å². The molecule has 2 atom stereocenters. The van der Waals surface area contributed by atoms with Gasteiger partial charge in [-0.15, -0.1) is 0 Å². The number of anilines is 1. The van der Waals surface area contributed by atoms with E-state index >= 15 is 0 Å². The van der Waals surface area contributed by atoms with Gasteiger partial charge in [-0.3, -0.25) is 0 Å². The summed E-state index contributed by atoms with van der Waals surface area (Å²) in [6, 6.07) is 5.04. The number of hydrogen-bond acceptors (Lipinski definition) is 4. The summed E-state index contributed by atoms with van der Waals surface area (Å²) >= 11 is 0. The minimum atomic E-state index is 0.223. The molecule has 1 aliphatic rings. The predicted octanol–water partition coefficient (Wildman–Crippen LogP) is 1.89. The van der Waals surface area contributed by atoms with Gasteiger partial charge in [0, 0.05) is 31.9 Å². The molecule has 0 radical (unpaired) electrons. The molecule has 20 heavy (non-hydrogen) atoms. The van der Waals surface area contributed by atoms with Gasteiger partial charge in [0.2, 0.25) is 0 Å². The standard InChI is InChI=1S/C16H28N4/c1-4-14(17)11-13-7-5-9-18-16(13)20(3)12-15-8-6-10-19(15)2/h5,7,9,14-15H,4,6,8,10-12,17H2,1-3H3. The van der Waals surface area contributed by atoms with Crippen LogP contribution >= 0.6 is 0 Å². The molecule has 112 valence electrons. The highest BCUT2D eigenvalue weighted by molar-refractivity contribution is 5.46. The lowest BCUT2D eigenvalue weighted by Gasteiger charge is -2.28. The molecule has 0 aliphatic carbocycles. The maximum absolute atomic E-state index is 6.11. The molecule has 2 heterocycles. The van der Waals surface area contributed by atoms with E-state index < -0.39 is 0 Å². The number of rotatable bonds is 6. The zero-order valence-electron chi connectivity index (χ0n) is 13.0. The highest BCUT2D eigenvalue weighted by atomic mass is 15.2. The van der Waals surface area contributed by atoms with Crippen LogP contribution in [-0.4, -0.2) is 49.2 Å². The van der Waals surface area contributed by atoms with Crippen molar-refractivity contribution in [2.45, 2.75) is 44.7 Å². The van der Waals surface area contributed by atoms with Gasteiger partial charge in [-0.25, -0.2) is 4.98 Å². The average Bonchev–Trinajstić information content (AvgIpc) is 2.84. The second-order valence-electron chi connectivity index (χ2n) is 6.02. The molecule has 1 fully saturated rings. The molecule has 2 rings (SSSR count). The van der Waals surface area contributed by atoms with Crippen molar-refractivity contribution in [3.8, 4) is 0 Å². The molecule has 1 saturated heterocycles. The molecule has 0 aromatic carbocycles. The van der Waals surface area contributed by atoms with Crippen LogP contribution in [0.3, 0.4) is 0 Å². The zero-order chi connectivity index (χ0) is 14.5.